The minimum absolute atomic E-state index is 0.0251. The molecule has 2 aromatic carbocycles. The number of amides is 1. The average molecular weight is 385 g/mol. The molecule has 8 heteroatoms. The number of carbonyl (C=O) groups is 1. The number of carbonyl (C=O) groups excluding carboxylic acids is 1. The molecule has 5 nitrogen and oxygen atoms in total. The van der Waals surface area contributed by atoms with Crippen LogP contribution in [-0.4, -0.2) is 26.9 Å². The summed E-state index contributed by atoms with van der Waals surface area (Å²) in [6, 6.07) is 12.4. The minimum Gasteiger partial charge on any atom is -0.311 e. The van der Waals surface area contributed by atoms with Gasteiger partial charge in [-0.2, -0.15) is 4.72 Å². The van der Waals surface area contributed by atoms with Crippen LogP contribution in [0.15, 0.2) is 53.4 Å². The summed E-state index contributed by atoms with van der Waals surface area (Å²) in [5.41, 5.74) is 0.749. The van der Waals surface area contributed by atoms with E-state index in [1.54, 1.807) is 4.90 Å². The molecular weight excluding hydrogens is 371 g/mol. The number of sulfonamides is 1. The molecule has 126 valence electrons. The van der Waals surface area contributed by atoms with Gasteiger partial charge in [0, 0.05) is 12.2 Å². The van der Waals surface area contributed by atoms with E-state index in [9.17, 15) is 13.2 Å². The van der Waals surface area contributed by atoms with Crippen molar-refractivity contribution in [2.75, 3.05) is 11.4 Å². The van der Waals surface area contributed by atoms with Crippen molar-refractivity contribution in [2.24, 2.45) is 0 Å². The van der Waals surface area contributed by atoms with E-state index < -0.39 is 16.1 Å². The van der Waals surface area contributed by atoms with E-state index in [4.69, 9.17) is 23.2 Å². The average Bonchev–Trinajstić information content (AvgIpc) is 2.91. The van der Waals surface area contributed by atoms with E-state index in [1.165, 1.54) is 18.2 Å². The highest BCUT2D eigenvalue weighted by atomic mass is 35.5. The summed E-state index contributed by atoms with van der Waals surface area (Å²) >= 11 is 11.7. The lowest BCUT2D eigenvalue weighted by atomic mass is 10.3. The van der Waals surface area contributed by atoms with Crippen LogP contribution in [0.4, 0.5) is 5.69 Å². The van der Waals surface area contributed by atoms with E-state index in [-0.39, 0.29) is 20.8 Å². The molecule has 1 amide bonds. The molecule has 1 fully saturated rings. The number of hydrogen-bond acceptors (Lipinski definition) is 3. The molecule has 1 aliphatic heterocycles. The summed E-state index contributed by atoms with van der Waals surface area (Å²) in [4.78, 5) is 14.0. The summed E-state index contributed by atoms with van der Waals surface area (Å²) in [5, 5.41) is 0.408. The van der Waals surface area contributed by atoms with Gasteiger partial charge in [-0.05, 0) is 36.8 Å². The molecule has 0 bridgehead atoms. The fourth-order valence-electron chi connectivity index (χ4n) is 2.55. The Morgan fingerprint density at radius 2 is 1.75 bits per heavy atom. The van der Waals surface area contributed by atoms with Crippen molar-refractivity contribution in [1.29, 1.82) is 0 Å². The molecule has 24 heavy (non-hydrogen) atoms. The number of rotatable bonds is 4. The molecule has 1 N–H and O–H groups in total. The van der Waals surface area contributed by atoms with Gasteiger partial charge in [0.25, 0.3) is 0 Å². The Morgan fingerprint density at radius 3 is 2.42 bits per heavy atom. The van der Waals surface area contributed by atoms with Gasteiger partial charge in [-0.1, -0.05) is 41.4 Å². The Bertz CT molecular complexity index is 872. The van der Waals surface area contributed by atoms with Crippen molar-refractivity contribution >= 4 is 44.8 Å². The van der Waals surface area contributed by atoms with E-state index >= 15 is 0 Å². The monoisotopic (exact) mass is 384 g/mol. The Balaban J connectivity index is 1.78. The summed E-state index contributed by atoms with van der Waals surface area (Å²) < 4.78 is 27.4. The topological polar surface area (TPSA) is 66.5 Å². The van der Waals surface area contributed by atoms with E-state index in [0.29, 0.717) is 13.0 Å². The SMILES string of the molecule is O=C1[C@@H](NS(=O)(=O)c2ccc(Cl)c(Cl)c2)CCN1c1ccccc1. The molecule has 0 spiro atoms. The smallest absolute Gasteiger partial charge is 0.245 e. The normalized spacial score (nSPS) is 18.2. The van der Waals surface area contributed by atoms with Crippen molar-refractivity contribution in [1.82, 2.24) is 4.72 Å². The summed E-state index contributed by atoms with van der Waals surface area (Å²) in [6.07, 6.45) is 0.397. The molecule has 0 unspecified atom stereocenters. The van der Waals surface area contributed by atoms with Crippen molar-refractivity contribution in [3.63, 3.8) is 0 Å². The quantitative estimate of drug-likeness (QED) is 0.880. The second-order valence-corrected chi connectivity index (χ2v) is 7.89. The van der Waals surface area contributed by atoms with E-state index in [2.05, 4.69) is 4.72 Å². The molecule has 2 aromatic rings. The van der Waals surface area contributed by atoms with Crippen molar-refractivity contribution < 1.29 is 13.2 Å². The van der Waals surface area contributed by atoms with Gasteiger partial charge in [-0.3, -0.25) is 4.79 Å². The maximum absolute atomic E-state index is 12.5. The summed E-state index contributed by atoms with van der Waals surface area (Å²) in [6.45, 7) is 0.456. The molecule has 0 aliphatic carbocycles. The molecule has 1 aliphatic rings. The molecule has 1 heterocycles. The first-order chi connectivity index (χ1) is 11.4. The molecule has 0 saturated carbocycles. The van der Waals surface area contributed by atoms with Crippen molar-refractivity contribution in [3.8, 4) is 0 Å². The third-order valence-electron chi connectivity index (χ3n) is 3.77. The zero-order valence-corrected chi connectivity index (χ0v) is 14.8. The van der Waals surface area contributed by atoms with Crippen molar-refractivity contribution in [2.45, 2.75) is 17.4 Å². The summed E-state index contributed by atoms with van der Waals surface area (Å²) in [7, 11) is -3.86. The fraction of sp³-hybridized carbons (Fsp3) is 0.188. The predicted molar refractivity (Wildman–Crippen MR) is 94.0 cm³/mol. The third kappa shape index (κ3) is 3.42. The first-order valence-electron chi connectivity index (χ1n) is 7.22. The molecule has 1 atom stereocenters. The predicted octanol–water partition coefficient (Wildman–Crippen LogP) is 3.08. The van der Waals surface area contributed by atoms with Crippen LogP contribution in [0.25, 0.3) is 0 Å². The minimum atomic E-state index is -3.86. The number of anilines is 1. The van der Waals surface area contributed by atoms with Crippen LogP contribution in [0.5, 0.6) is 0 Å². The van der Waals surface area contributed by atoms with Gasteiger partial charge in [-0.15, -0.1) is 0 Å². The lowest BCUT2D eigenvalue weighted by Crippen LogP contribution is -2.41. The number of benzene rings is 2. The zero-order valence-electron chi connectivity index (χ0n) is 12.4. The Labute approximate surface area is 150 Å². The molecule has 0 aromatic heterocycles. The van der Waals surface area contributed by atoms with Crippen molar-refractivity contribution in [3.05, 3.63) is 58.6 Å². The van der Waals surface area contributed by atoms with Gasteiger partial charge >= 0.3 is 0 Å². The number of para-hydroxylation sites is 1. The lowest BCUT2D eigenvalue weighted by molar-refractivity contribution is -0.118. The van der Waals surface area contributed by atoms with Gasteiger partial charge in [0.1, 0.15) is 6.04 Å². The van der Waals surface area contributed by atoms with Crippen LogP contribution in [-0.2, 0) is 14.8 Å². The highest BCUT2D eigenvalue weighted by molar-refractivity contribution is 7.89. The van der Waals surface area contributed by atoms with Crippen LogP contribution < -0.4 is 9.62 Å². The number of nitrogens with one attached hydrogen (secondary N) is 1. The molecule has 3 rings (SSSR count). The standard InChI is InChI=1S/C16H14Cl2N2O3S/c17-13-7-6-12(10-14(13)18)24(22,23)19-15-8-9-20(16(15)21)11-4-2-1-3-5-11/h1-7,10,15,19H,8-9H2/t15-/m0/s1. The first kappa shape index (κ1) is 17.2. The second kappa shape index (κ2) is 6.72. The summed E-state index contributed by atoms with van der Waals surface area (Å²) in [5.74, 6) is -0.273. The largest absolute Gasteiger partial charge is 0.311 e. The highest BCUT2D eigenvalue weighted by Gasteiger charge is 2.35. The van der Waals surface area contributed by atoms with Crippen LogP contribution in [0.3, 0.4) is 0 Å². The maximum Gasteiger partial charge on any atom is 0.245 e. The first-order valence-corrected chi connectivity index (χ1v) is 9.46. The number of hydrogen-bond donors (Lipinski definition) is 1. The van der Waals surface area contributed by atoms with E-state index in [1.807, 2.05) is 30.3 Å². The van der Waals surface area contributed by atoms with Crippen LogP contribution >= 0.6 is 23.2 Å². The molecule has 0 radical (unpaired) electrons. The van der Waals surface area contributed by atoms with Crippen LogP contribution in [0.2, 0.25) is 10.0 Å². The van der Waals surface area contributed by atoms with Crippen LogP contribution in [0.1, 0.15) is 6.42 Å². The van der Waals surface area contributed by atoms with Gasteiger partial charge < -0.3 is 4.90 Å². The fourth-order valence-corrected chi connectivity index (χ4v) is 4.17. The molecular formula is C16H14Cl2N2O3S. The number of nitrogens with zero attached hydrogens (tertiary/aromatic N) is 1. The Kier molecular flexibility index (Phi) is 4.83. The number of halogens is 2. The van der Waals surface area contributed by atoms with Gasteiger partial charge in [0.05, 0.1) is 14.9 Å². The lowest BCUT2D eigenvalue weighted by Gasteiger charge is -2.17. The second-order valence-electron chi connectivity index (χ2n) is 5.36. The van der Waals surface area contributed by atoms with Gasteiger partial charge in [-0.25, -0.2) is 8.42 Å². The Hall–Kier alpha value is -1.60. The van der Waals surface area contributed by atoms with Gasteiger partial charge in [0.2, 0.25) is 15.9 Å². The molecule has 1 saturated heterocycles. The zero-order chi connectivity index (χ0) is 17.3. The van der Waals surface area contributed by atoms with Crippen LogP contribution in [0, 0.1) is 0 Å². The van der Waals surface area contributed by atoms with E-state index in [0.717, 1.165) is 5.69 Å². The van der Waals surface area contributed by atoms with Gasteiger partial charge in [0.15, 0.2) is 0 Å². The Morgan fingerprint density at radius 1 is 1.04 bits per heavy atom. The highest BCUT2D eigenvalue weighted by Crippen LogP contribution is 2.26. The third-order valence-corrected chi connectivity index (χ3v) is 5.98. The maximum atomic E-state index is 12.5.